The fourth-order valence-corrected chi connectivity index (χ4v) is 1.80. The van der Waals surface area contributed by atoms with E-state index < -0.39 is 5.97 Å². The van der Waals surface area contributed by atoms with Crippen molar-refractivity contribution in [3.8, 4) is 0 Å². The largest absolute Gasteiger partial charge is 0.478 e. The molecule has 0 aliphatic heterocycles. The molecule has 0 aliphatic rings. The van der Waals surface area contributed by atoms with Crippen molar-refractivity contribution in [2.24, 2.45) is 0 Å². The second-order valence-corrected chi connectivity index (χ2v) is 3.98. The van der Waals surface area contributed by atoms with E-state index in [4.69, 9.17) is 5.11 Å². The van der Waals surface area contributed by atoms with Crippen LogP contribution in [0.5, 0.6) is 0 Å². The molecule has 17 heavy (non-hydrogen) atoms. The van der Waals surface area contributed by atoms with Crippen molar-refractivity contribution < 1.29 is 14.5 Å². The summed E-state index contributed by atoms with van der Waals surface area (Å²) in [5, 5.41) is 8.76. The van der Waals surface area contributed by atoms with E-state index in [1.807, 2.05) is 35.9 Å². The van der Waals surface area contributed by atoms with E-state index >= 15 is 0 Å². The molecule has 0 radical (unpaired) electrons. The smallest absolute Gasteiger partial charge is 0.346 e. The lowest BCUT2D eigenvalue weighted by atomic mass is 10.2. The number of hydrogen-bond acceptors (Lipinski definition) is 1. The molecule has 1 heterocycles. The SMILES string of the molecule is Cc1n(CC(=O)O)cc[n+]1Cc1ccccc1. The summed E-state index contributed by atoms with van der Waals surface area (Å²) < 4.78 is 3.77. The van der Waals surface area contributed by atoms with Crippen LogP contribution in [0.25, 0.3) is 0 Å². The molecule has 0 aliphatic carbocycles. The van der Waals surface area contributed by atoms with Crippen molar-refractivity contribution >= 4 is 5.97 Å². The average Bonchev–Trinajstić information content (AvgIpc) is 2.62. The molecular weight excluding hydrogens is 216 g/mol. The lowest BCUT2D eigenvalue weighted by molar-refractivity contribution is -0.693. The molecule has 0 bridgehead atoms. The summed E-state index contributed by atoms with van der Waals surface area (Å²) in [6.07, 6.45) is 3.71. The van der Waals surface area contributed by atoms with Gasteiger partial charge in [0.25, 0.3) is 5.82 Å². The Bertz CT molecular complexity index is 517. The number of imidazole rings is 1. The first-order valence-corrected chi connectivity index (χ1v) is 5.47. The second kappa shape index (κ2) is 4.82. The van der Waals surface area contributed by atoms with Crippen LogP contribution in [-0.2, 0) is 17.9 Å². The third kappa shape index (κ3) is 2.72. The first-order chi connectivity index (χ1) is 8.16. The number of rotatable bonds is 4. The molecule has 1 aromatic carbocycles. The maximum Gasteiger partial charge on any atom is 0.346 e. The van der Waals surface area contributed by atoms with Crippen LogP contribution in [0.4, 0.5) is 0 Å². The van der Waals surface area contributed by atoms with Gasteiger partial charge in [0, 0.05) is 6.92 Å². The van der Waals surface area contributed by atoms with Crippen LogP contribution in [-0.4, -0.2) is 15.6 Å². The van der Waals surface area contributed by atoms with Gasteiger partial charge >= 0.3 is 5.97 Å². The van der Waals surface area contributed by atoms with Gasteiger partial charge in [0.05, 0.1) is 0 Å². The summed E-state index contributed by atoms with van der Waals surface area (Å²) in [4.78, 5) is 10.7. The third-order valence-corrected chi connectivity index (χ3v) is 2.76. The normalized spacial score (nSPS) is 10.4. The van der Waals surface area contributed by atoms with Gasteiger partial charge in [0.2, 0.25) is 0 Å². The predicted molar refractivity (Wildman–Crippen MR) is 62.5 cm³/mol. The van der Waals surface area contributed by atoms with Crippen LogP contribution in [0.15, 0.2) is 42.7 Å². The van der Waals surface area contributed by atoms with Crippen molar-refractivity contribution in [3.05, 3.63) is 54.1 Å². The zero-order valence-electron chi connectivity index (χ0n) is 9.71. The van der Waals surface area contributed by atoms with Crippen LogP contribution in [0.2, 0.25) is 0 Å². The molecule has 4 heteroatoms. The minimum absolute atomic E-state index is 0.00756. The molecule has 0 unspecified atom stereocenters. The third-order valence-electron chi connectivity index (χ3n) is 2.76. The molecule has 0 atom stereocenters. The van der Waals surface area contributed by atoms with Crippen LogP contribution < -0.4 is 4.57 Å². The van der Waals surface area contributed by atoms with Gasteiger partial charge in [-0.05, 0) is 5.56 Å². The van der Waals surface area contributed by atoms with E-state index in [1.54, 1.807) is 10.8 Å². The Balaban J connectivity index is 2.18. The molecule has 2 rings (SSSR count). The quantitative estimate of drug-likeness (QED) is 0.804. The van der Waals surface area contributed by atoms with Crippen molar-refractivity contribution in [3.63, 3.8) is 0 Å². The Morgan fingerprint density at radius 3 is 2.71 bits per heavy atom. The van der Waals surface area contributed by atoms with Gasteiger partial charge in [-0.2, -0.15) is 0 Å². The van der Waals surface area contributed by atoms with E-state index in [0.29, 0.717) is 0 Å². The molecule has 0 spiro atoms. The Morgan fingerprint density at radius 2 is 2.06 bits per heavy atom. The second-order valence-electron chi connectivity index (χ2n) is 3.98. The molecular formula is C13H15N2O2+. The van der Waals surface area contributed by atoms with Gasteiger partial charge in [-0.25, -0.2) is 13.9 Å². The van der Waals surface area contributed by atoms with Gasteiger partial charge in [-0.1, -0.05) is 30.3 Å². The first kappa shape index (κ1) is 11.4. The Morgan fingerprint density at radius 1 is 1.35 bits per heavy atom. The topological polar surface area (TPSA) is 46.1 Å². The van der Waals surface area contributed by atoms with E-state index in [9.17, 15) is 4.79 Å². The molecule has 2 aromatic rings. The zero-order valence-corrected chi connectivity index (χ0v) is 9.71. The van der Waals surface area contributed by atoms with E-state index in [0.717, 1.165) is 12.4 Å². The summed E-state index contributed by atoms with van der Waals surface area (Å²) in [7, 11) is 0. The van der Waals surface area contributed by atoms with Crippen LogP contribution in [0.3, 0.4) is 0 Å². The van der Waals surface area contributed by atoms with Crippen molar-refractivity contribution in [1.82, 2.24) is 4.57 Å². The number of aromatic nitrogens is 2. The minimum atomic E-state index is -0.824. The van der Waals surface area contributed by atoms with E-state index in [1.165, 1.54) is 5.56 Å². The Labute approximate surface area is 99.8 Å². The summed E-state index contributed by atoms with van der Waals surface area (Å²) in [5.41, 5.74) is 1.20. The van der Waals surface area contributed by atoms with Crippen molar-refractivity contribution in [2.75, 3.05) is 0 Å². The zero-order chi connectivity index (χ0) is 12.3. The molecule has 0 saturated carbocycles. The highest BCUT2D eigenvalue weighted by atomic mass is 16.4. The maximum atomic E-state index is 10.7. The van der Waals surface area contributed by atoms with E-state index in [-0.39, 0.29) is 6.54 Å². The molecule has 0 fully saturated rings. The van der Waals surface area contributed by atoms with Crippen molar-refractivity contribution in [2.45, 2.75) is 20.0 Å². The summed E-state index contributed by atoms with van der Waals surface area (Å²) in [6.45, 7) is 2.69. The molecule has 4 nitrogen and oxygen atoms in total. The fraction of sp³-hybridized carbons (Fsp3) is 0.231. The molecule has 88 valence electrons. The lowest BCUT2D eigenvalue weighted by Gasteiger charge is -2.00. The van der Waals surface area contributed by atoms with Gasteiger partial charge < -0.3 is 5.11 Å². The summed E-state index contributed by atoms with van der Waals surface area (Å²) in [6, 6.07) is 10.1. The first-order valence-electron chi connectivity index (χ1n) is 5.47. The Hall–Kier alpha value is -2.10. The van der Waals surface area contributed by atoms with Gasteiger partial charge in [-0.3, -0.25) is 0 Å². The van der Waals surface area contributed by atoms with Gasteiger partial charge in [-0.15, -0.1) is 0 Å². The van der Waals surface area contributed by atoms with Gasteiger partial charge in [0.15, 0.2) is 6.54 Å². The number of hydrogen-bond donors (Lipinski definition) is 1. The summed E-state index contributed by atoms with van der Waals surface area (Å²) in [5.74, 6) is 0.117. The van der Waals surface area contributed by atoms with Gasteiger partial charge in [0.1, 0.15) is 18.9 Å². The number of nitrogens with zero attached hydrogens (tertiary/aromatic N) is 2. The number of aliphatic carboxylic acids is 1. The highest BCUT2D eigenvalue weighted by molar-refractivity contribution is 5.66. The molecule has 1 aromatic heterocycles. The summed E-state index contributed by atoms with van der Waals surface area (Å²) >= 11 is 0. The predicted octanol–water partition coefficient (Wildman–Crippen LogP) is 1.22. The highest BCUT2D eigenvalue weighted by Crippen LogP contribution is 2.00. The lowest BCUT2D eigenvalue weighted by Crippen LogP contribution is -2.36. The monoisotopic (exact) mass is 231 g/mol. The van der Waals surface area contributed by atoms with Crippen molar-refractivity contribution in [1.29, 1.82) is 0 Å². The maximum absolute atomic E-state index is 10.7. The number of carboxylic acid groups (broad SMARTS) is 1. The molecule has 0 amide bonds. The molecule has 1 N–H and O–H groups in total. The minimum Gasteiger partial charge on any atom is -0.478 e. The number of benzene rings is 1. The Kier molecular flexibility index (Phi) is 3.23. The highest BCUT2D eigenvalue weighted by Gasteiger charge is 2.14. The van der Waals surface area contributed by atoms with Crippen LogP contribution in [0.1, 0.15) is 11.4 Å². The fourth-order valence-electron chi connectivity index (χ4n) is 1.80. The average molecular weight is 231 g/mol. The van der Waals surface area contributed by atoms with Crippen LogP contribution in [0, 0.1) is 6.92 Å². The van der Waals surface area contributed by atoms with Crippen LogP contribution >= 0.6 is 0 Å². The number of carbonyl (C=O) groups is 1. The van der Waals surface area contributed by atoms with E-state index in [2.05, 4.69) is 12.1 Å². The number of carboxylic acids is 1. The standard InChI is InChI=1S/C13H14N2O2/c1-11-14(7-8-15(11)10-13(16)17)9-12-5-3-2-4-6-12/h2-8H,9-10H2,1H3/p+1. The molecule has 0 saturated heterocycles.